The Labute approximate surface area is 115 Å². The summed E-state index contributed by atoms with van der Waals surface area (Å²) in [6.45, 7) is 0.208. The van der Waals surface area contributed by atoms with Crippen LogP contribution in [0.2, 0.25) is 0 Å². The minimum atomic E-state index is -0.939. The number of aryl methyl sites for hydroxylation is 1. The highest BCUT2D eigenvalue weighted by atomic mass is 16.4. The van der Waals surface area contributed by atoms with Gasteiger partial charge in [0.1, 0.15) is 0 Å². The highest BCUT2D eigenvalue weighted by Crippen LogP contribution is 2.31. The number of anilines is 2. The minimum Gasteiger partial charge on any atom is -0.481 e. The van der Waals surface area contributed by atoms with Crippen molar-refractivity contribution < 1.29 is 19.5 Å². The molecular formula is C14H14N2O4. The maximum absolute atomic E-state index is 11.9. The van der Waals surface area contributed by atoms with Crippen molar-refractivity contribution in [2.24, 2.45) is 5.92 Å². The van der Waals surface area contributed by atoms with E-state index >= 15 is 0 Å². The number of nitrogens with zero attached hydrogens (tertiary/aromatic N) is 1. The average molecular weight is 274 g/mol. The van der Waals surface area contributed by atoms with Crippen LogP contribution < -0.4 is 10.2 Å². The maximum Gasteiger partial charge on any atom is 0.308 e. The SMILES string of the molecule is O=C1CCc2cc(N3C[C@H](C(=O)O)CC3=O)ccc2N1. The lowest BCUT2D eigenvalue weighted by Gasteiger charge is -2.21. The number of carboxylic acids is 1. The highest BCUT2D eigenvalue weighted by molar-refractivity contribution is 6.00. The molecule has 2 amide bonds. The number of carbonyl (C=O) groups is 3. The Morgan fingerprint density at radius 2 is 2.10 bits per heavy atom. The number of aliphatic carboxylic acids is 1. The highest BCUT2D eigenvalue weighted by Gasteiger charge is 2.35. The first-order valence-corrected chi connectivity index (χ1v) is 6.50. The van der Waals surface area contributed by atoms with Crippen LogP contribution in [0.25, 0.3) is 0 Å². The zero-order chi connectivity index (χ0) is 14.3. The number of rotatable bonds is 2. The van der Waals surface area contributed by atoms with Crippen LogP contribution in [-0.2, 0) is 20.8 Å². The molecule has 3 rings (SSSR count). The number of benzene rings is 1. The second-order valence-electron chi connectivity index (χ2n) is 5.13. The largest absolute Gasteiger partial charge is 0.481 e. The van der Waals surface area contributed by atoms with Crippen molar-refractivity contribution in [2.45, 2.75) is 19.3 Å². The van der Waals surface area contributed by atoms with E-state index in [0.717, 1.165) is 11.3 Å². The maximum atomic E-state index is 11.9. The van der Waals surface area contributed by atoms with E-state index in [2.05, 4.69) is 5.32 Å². The second kappa shape index (κ2) is 4.63. The molecule has 1 atom stereocenters. The number of nitrogens with one attached hydrogen (secondary N) is 1. The average Bonchev–Trinajstić information content (AvgIpc) is 2.80. The molecule has 0 aliphatic carbocycles. The Morgan fingerprint density at radius 3 is 2.80 bits per heavy atom. The van der Waals surface area contributed by atoms with Crippen molar-refractivity contribution in [3.63, 3.8) is 0 Å². The van der Waals surface area contributed by atoms with Crippen LogP contribution in [0.3, 0.4) is 0 Å². The van der Waals surface area contributed by atoms with Gasteiger partial charge in [-0.25, -0.2) is 0 Å². The summed E-state index contributed by atoms with van der Waals surface area (Å²) >= 11 is 0. The van der Waals surface area contributed by atoms with E-state index in [1.54, 1.807) is 12.1 Å². The third-order valence-corrected chi connectivity index (χ3v) is 3.77. The van der Waals surface area contributed by atoms with Crippen LogP contribution in [0.4, 0.5) is 11.4 Å². The van der Waals surface area contributed by atoms with Gasteiger partial charge in [-0.15, -0.1) is 0 Å². The van der Waals surface area contributed by atoms with Gasteiger partial charge in [0.05, 0.1) is 5.92 Å². The van der Waals surface area contributed by atoms with Gasteiger partial charge in [0.2, 0.25) is 11.8 Å². The molecular weight excluding hydrogens is 260 g/mol. The summed E-state index contributed by atoms with van der Waals surface area (Å²) in [5.41, 5.74) is 2.45. The molecule has 2 N–H and O–H groups in total. The van der Waals surface area contributed by atoms with Crippen LogP contribution in [0.1, 0.15) is 18.4 Å². The van der Waals surface area contributed by atoms with Crippen molar-refractivity contribution in [3.8, 4) is 0 Å². The summed E-state index contributed by atoms with van der Waals surface area (Å²) in [6.07, 6.45) is 1.12. The van der Waals surface area contributed by atoms with E-state index in [0.29, 0.717) is 18.5 Å². The number of hydrogen-bond acceptors (Lipinski definition) is 3. The van der Waals surface area contributed by atoms with Crippen LogP contribution >= 0.6 is 0 Å². The predicted molar refractivity (Wildman–Crippen MR) is 71.5 cm³/mol. The zero-order valence-electron chi connectivity index (χ0n) is 10.8. The fourth-order valence-electron chi connectivity index (χ4n) is 2.66. The number of amides is 2. The summed E-state index contributed by atoms with van der Waals surface area (Å²) in [5.74, 6) is -1.75. The van der Waals surface area contributed by atoms with Gasteiger partial charge < -0.3 is 15.3 Å². The Kier molecular flexibility index (Phi) is 2.93. The third-order valence-electron chi connectivity index (χ3n) is 3.77. The molecule has 2 aliphatic heterocycles. The molecule has 6 nitrogen and oxygen atoms in total. The Bertz CT molecular complexity index is 611. The molecule has 2 heterocycles. The third kappa shape index (κ3) is 2.13. The van der Waals surface area contributed by atoms with Crippen molar-refractivity contribution in [1.29, 1.82) is 0 Å². The molecule has 0 spiro atoms. The first kappa shape index (κ1) is 12.7. The van der Waals surface area contributed by atoms with Crippen molar-refractivity contribution in [3.05, 3.63) is 23.8 Å². The normalized spacial score (nSPS) is 21.6. The van der Waals surface area contributed by atoms with Gasteiger partial charge in [0.15, 0.2) is 0 Å². The lowest BCUT2D eigenvalue weighted by molar-refractivity contribution is -0.141. The summed E-state index contributed by atoms with van der Waals surface area (Å²) in [5, 5.41) is 11.8. The summed E-state index contributed by atoms with van der Waals surface area (Å²) in [6, 6.07) is 5.37. The van der Waals surface area contributed by atoms with Gasteiger partial charge >= 0.3 is 5.97 Å². The van der Waals surface area contributed by atoms with Crippen LogP contribution in [-0.4, -0.2) is 29.4 Å². The van der Waals surface area contributed by atoms with Crippen molar-refractivity contribution in [2.75, 3.05) is 16.8 Å². The summed E-state index contributed by atoms with van der Waals surface area (Å²) < 4.78 is 0. The Hall–Kier alpha value is -2.37. The Morgan fingerprint density at radius 1 is 1.30 bits per heavy atom. The molecule has 2 aliphatic rings. The summed E-state index contributed by atoms with van der Waals surface area (Å²) in [4.78, 5) is 35.7. The Balaban J connectivity index is 1.86. The van der Waals surface area contributed by atoms with E-state index in [9.17, 15) is 14.4 Å². The standard InChI is InChI=1S/C14H14N2O4/c17-12-4-1-8-5-10(2-3-11(8)15-12)16-7-9(14(19)20)6-13(16)18/h2-3,5,9H,1,4,6-7H2,(H,15,17)(H,19,20)/t9-/m1/s1. The molecule has 0 unspecified atom stereocenters. The van der Waals surface area contributed by atoms with Gasteiger partial charge in [-0.3, -0.25) is 14.4 Å². The first-order chi connectivity index (χ1) is 9.54. The van der Waals surface area contributed by atoms with Crippen LogP contribution in [0.15, 0.2) is 18.2 Å². The van der Waals surface area contributed by atoms with E-state index in [-0.39, 0.29) is 24.8 Å². The zero-order valence-corrected chi connectivity index (χ0v) is 10.8. The molecule has 0 saturated carbocycles. The first-order valence-electron chi connectivity index (χ1n) is 6.50. The lowest BCUT2D eigenvalue weighted by atomic mass is 10.0. The van der Waals surface area contributed by atoms with E-state index in [1.807, 2.05) is 6.07 Å². The van der Waals surface area contributed by atoms with Gasteiger partial charge in [0, 0.05) is 30.8 Å². The monoisotopic (exact) mass is 274 g/mol. The van der Waals surface area contributed by atoms with E-state index in [1.165, 1.54) is 4.90 Å². The lowest BCUT2D eigenvalue weighted by Crippen LogP contribution is -2.26. The molecule has 6 heteroatoms. The quantitative estimate of drug-likeness (QED) is 0.842. The molecule has 1 fully saturated rings. The topological polar surface area (TPSA) is 86.7 Å². The van der Waals surface area contributed by atoms with Crippen molar-refractivity contribution in [1.82, 2.24) is 0 Å². The molecule has 104 valence electrons. The smallest absolute Gasteiger partial charge is 0.308 e. The number of carboxylic acid groups (broad SMARTS) is 1. The molecule has 1 saturated heterocycles. The molecule has 0 radical (unpaired) electrons. The summed E-state index contributed by atoms with van der Waals surface area (Å²) in [7, 11) is 0. The number of hydrogen-bond donors (Lipinski definition) is 2. The number of carbonyl (C=O) groups excluding carboxylic acids is 2. The predicted octanol–water partition coefficient (Wildman–Crippen LogP) is 1.01. The molecule has 0 bridgehead atoms. The van der Waals surface area contributed by atoms with E-state index in [4.69, 9.17) is 5.11 Å². The number of fused-ring (bicyclic) bond motifs is 1. The van der Waals surface area contributed by atoms with Gasteiger partial charge in [0.25, 0.3) is 0 Å². The van der Waals surface area contributed by atoms with E-state index < -0.39 is 11.9 Å². The second-order valence-corrected chi connectivity index (χ2v) is 5.13. The fourth-order valence-corrected chi connectivity index (χ4v) is 2.66. The van der Waals surface area contributed by atoms with Crippen molar-refractivity contribution >= 4 is 29.2 Å². The fraction of sp³-hybridized carbons (Fsp3) is 0.357. The van der Waals surface area contributed by atoms with Crippen LogP contribution in [0, 0.1) is 5.92 Å². The minimum absolute atomic E-state index is 0.00607. The van der Waals surface area contributed by atoms with Gasteiger partial charge in [-0.1, -0.05) is 0 Å². The molecule has 1 aromatic carbocycles. The molecule has 20 heavy (non-hydrogen) atoms. The molecule has 0 aromatic heterocycles. The van der Waals surface area contributed by atoms with Crippen LogP contribution in [0.5, 0.6) is 0 Å². The van der Waals surface area contributed by atoms with Gasteiger partial charge in [-0.2, -0.15) is 0 Å². The molecule has 1 aromatic rings. The van der Waals surface area contributed by atoms with Gasteiger partial charge in [-0.05, 0) is 30.2 Å².